The van der Waals surface area contributed by atoms with Crippen LogP contribution in [0.15, 0.2) is 15.1 Å². The second kappa shape index (κ2) is 7.61. The Balaban J connectivity index is 1.63. The fourth-order valence-electron chi connectivity index (χ4n) is 3.04. The number of rotatable bonds is 6. The lowest BCUT2D eigenvalue weighted by atomic mass is 9.98. The molecule has 2 aromatic heterocycles. The van der Waals surface area contributed by atoms with Gasteiger partial charge in [-0.1, -0.05) is 19.0 Å². The average molecular weight is 332 g/mol. The van der Waals surface area contributed by atoms with Gasteiger partial charge in [0.2, 0.25) is 5.76 Å². The van der Waals surface area contributed by atoms with Crippen LogP contribution in [0.25, 0.3) is 0 Å². The van der Waals surface area contributed by atoms with E-state index < -0.39 is 0 Å². The molecular weight excluding hydrogens is 308 g/mol. The molecule has 1 amide bonds. The summed E-state index contributed by atoms with van der Waals surface area (Å²) in [6.45, 7) is 6.33. The Kier molecular flexibility index (Phi) is 5.30. The number of nitrogens with one attached hydrogen (secondary N) is 2. The van der Waals surface area contributed by atoms with E-state index in [4.69, 9.17) is 8.94 Å². The van der Waals surface area contributed by atoms with E-state index in [2.05, 4.69) is 20.8 Å². The van der Waals surface area contributed by atoms with Crippen LogP contribution in [-0.4, -0.2) is 29.1 Å². The highest BCUT2D eigenvalue weighted by Crippen LogP contribution is 2.24. The molecule has 2 aromatic rings. The summed E-state index contributed by atoms with van der Waals surface area (Å²) in [6, 6.07) is 0. The first-order chi connectivity index (χ1) is 11.7. The van der Waals surface area contributed by atoms with Crippen molar-refractivity contribution in [2.75, 3.05) is 13.1 Å². The first-order valence-electron chi connectivity index (χ1n) is 8.63. The Morgan fingerprint density at radius 2 is 2.12 bits per heavy atom. The van der Waals surface area contributed by atoms with Gasteiger partial charge in [0.1, 0.15) is 5.76 Å². The summed E-state index contributed by atoms with van der Waals surface area (Å²) in [5.74, 6) is 1.78. The van der Waals surface area contributed by atoms with Gasteiger partial charge in [0.05, 0.1) is 11.9 Å². The lowest BCUT2D eigenvalue weighted by Gasteiger charge is -2.19. The van der Waals surface area contributed by atoms with Crippen LogP contribution in [0.1, 0.15) is 66.1 Å². The van der Waals surface area contributed by atoms with Crippen LogP contribution in [0.5, 0.6) is 0 Å². The number of aryl methyl sites for hydroxylation is 2. The summed E-state index contributed by atoms with van der Waals surface area (Å²) in [5, 5.41) is 10.2. The fourth-order valence-corrected chi connectivity index (χ4v) is 3.04. The van der Waals surface area contributed by atoms with Gasteiger partial charge in [-0.15, -0.1) is 0 Å². The molecule has 0 bridgehead atoms. The quantitative estimate of drug-likeness (QED) is 0.842. The van der Waals surface area contributed by atoms with Crippen molar-refractivity contribution in [3.05, 3.63) is 34.9 Å². The molecule has 1 aliphatic rings. The smallest absolute Gasteiger partial charge is 0.288 e. The van der Waals surface area contributed by atoms with E-state index in [1.807, 2.05) is 13.8 Å². The molecule has 0 atom stereocenters. The SMILES string of the molecule is CCc1noc(CC)c1CNC(=O)c1cnc(C2CCNCC2)o1. The van der Waals surface area contributed by atoms with Crippen LogP contribution in [-0.2, 0) is 19.4 Å². The van der Waals surface area contributed by atoms with Gasteiger partial charge in [0, 0.05) is 24.4 Å². The van der Waals surface area contributed by atoms with Crippen LogP contribution >= 0.6 is 0 Å². The molecule has 2 N–H and O–H groups in total. The maximum absolute atomic E-state index is 12.3. The van der Waals surface area contributed by atoms with Crippen LogP contribution < -0.4 is 10.6 Å². The third kappa shape index (κ3) is 3.51. The van der Waals surface area contributed by atoms with E-state index in [0.29, 0.717) is 18.4 Å². The van der Waals surface area contributed by atoms with Gasteiger partial charge < -0.3 is 19.6 Å². The molecule has 7 heteroatoms. The van der Waals surface area contributed by atoms with Gasteiger partial charge in [-0.3, -0.25) is 4.79 Å². The number of carbonyl (C=O) groups is 1. The van der Waals surface area contributed by atoms with Gasteiger partial charge in [-0.05, 0) is 32.4 Å². The van der Waals surface area contributed by atoms with Gasteiger partial charge in [-0.25, -0.2) is 4.98 Å². The van der Waals surface area contributed by atoms with Gasteiger partial charge in [-0.2, -0.15) is 0 Å². The van der Waals surface area contributed by atoms with Gasteiger partial charge in [0.15, 0.2) is 5.89 Å². The largest absolute Gasteiger partial charge is 0.435 e. The molecule has 1 aliphatic heterocycles. The van der Waals surface area contributed by atoms with Crippen LogP contribution in [0.3, 0.4) is 0 Å². The fraction of sp³-hybridized carbons (Fsp3) is 0.588. The molecule has 0 unspecified atom stereocenters. The molecule has 0 aliphatic carbocycles. The standard InChI is InChI=1S/C17H24N4O3/c1-3-13-12(14(4-2)24-21-13)9-19-16(22)15-10-20-17(23-15)11-5-7-18-8-6-11/h10-11,18H,3-9H2,1-2H3,(H,19,22). The number of hydrogen-bond acceptors (Lipinski definition) is 6. The lowest BCUT2D eigenvalue weighted by Crippen LogP contribution is -2.26. The number of carbonyl (C=O) groups excluding carboxylic acids is 1. The van der Waals surface area contributed by atoms with E-state index >= 15 is 0 Å². The Morgan fingerprint density at radius 3 is 2.83 bits per heavy atom. The third-order valence-corrected chi connectivity index (χ3v) is 4.47. The van der Waals surface area contributed by atoms with E-state index in [1.165, 1.54) is 6.20 Å². The number of aromatic nitrogens is 2. The summed E-state index contributed by atoms with van der Waals surface area (Å²) in [6.07, 6.45) is 5.02. The highest BCUT2D eigenvalue weighted by atomic mass is 16.5. The minimum Gasteiger partial charge on any atom is -0.435 e. The molecule has 1 fully saturated rings. The molecule has 0 aromatic carbocycles. The monoisotopic (exact) mass is 332 g/mol. The highest BCUT2D eigenvalue weighted by Gasteiger charge is 2.22. The molecule has 0 radical (unpaired) electrons. The Hall–Kier alpha value is -2.15. The molecule has 3 rings (SSSR count). The summed E-state index contributed by atoms with van der Waals surface area (Å²) < 4.78 is 11.0. The zero-order valence-electron chi connectivity index (χ0n) is 14.2. The maximum Gasteiger partial charge on any atom is 0.288 e. The molecule has 24 heavy (non-hydrogen) atoms. The van der Waals surface area contributed by atoms with E-state index in [9.17, 15) is 4.79 Å². The second-order valence-corrected chi connectivity index (χ2v) is 6.01. The summed E-state index contributed by atoms with van der Waals surface area (Å²) in [4.78, 5) is 16.6. The van der Waals surface area contributed by atoms with E-state index in [1.54, 1.807) is 0 Å². The van der Waals surface area contributed by atoms with Crippen molar-refractivity contribution in [3.63, 3.8) is 0 Å². The number of hydrogen-bond donors (Lipinski definition) is 2. The first-order valence-corrected chi connectivity index (χ1v) is 8.63. The molecule has 3 heterocycles. The zero-order chi connectivity index (χ0) is 16.9. The summed E-state index contributed by atoms with van der Waals surface area (Å²) in [7, 11) is 0. The highest BCUT2D eigenvalue weighted by molar-refractivity contribution is 5.91. The minimum atomic E-state index is -0.256. The summed E-state index contributed by atoms with van der Waals surface area (Å²) >= 11 is 0. The molecule has 1 saturated heterocycles. The third-order valence-electron chi connectivity index (χ3n) is 4.47. The minimum absolute atomic E-state index is 0.256. The van der Waals surface area contributed by atoms with Crippen LogP contribution in [0.4, 0.5) is 0 Å². The topological polar surface area (TPSA) is 93.2 Å². The van der Waals surface area contributed by atoms with Crippen molar-refractivity contribution in [2.24, 2.45) is 0 Å². The number of nitrogens with zero attached hydrogens (tertiary/aromatic N) is 2. The molecule has 0 spiro atoms. The van der Waals surface area contributed by atoms with Gasteiger partial charge >= 0.3 is 0 Å². The van der Waals surface area contributed by atoms with Crippen molar-refractivity contribution >= 4 is 5.91 Å². The zero-order valence-corrected chi connectivity index (χ0v) is 14.2. The Morgan fingerprint density at radius 1 is 1.33 bits per heavy atom. The molecule has 7 nitrogen and oxygen atoms in total. The summed E-state index contributed by atoms with van der Waals surface area (Å²) in [5.41, 5.74) is 1.85. The molecule has 0 saturated carbocycles. The number of oxazole rings is 1. The molecule has 130 valence electrons. The van der Waals surface area contributed by atoms with Gasteiger partial charge in [0.25, 0.3) is 5.91 Å². The van der Waals surface area contributed by atoms with Crippen LogP contribution in [0, 0.1) is 0 Å². The Bertz CT molecular complexity index is 664. The first kappa shape index (κ1) is 16.7. The van der Waals surface area contributed by atoms with Crippen molar-refractivity contribution in [3.8, 4) is 0 Å². The van der Waals surface area contributed by atoms with Crippen molar-refractivity contribution in [1.29, 1.82) is 0 Å². The Labute approximate surface area is 141 Å². The second-order valence-electron chi connectivity index (χ2n) is 6.01. The average Bonchev–Trinajstić information content (AvgIpc) is 3.27. The van der Waals surface area contributed by atoms with E-state index in [0.717, 1.165) is 55.8 Å². The normalized spacial score (nSPS) is 15.6. The van der Waals surface area contributed by atoms with Crippen molar-refractivity contribution in [1.82, 2.24) is 20.8 Å². The van der Waals surface area contributed by atoms with Crippen molar-refractivity contribution < 1.29 is 13.7 Å². The van der Waals surface area contributed by atoms with Crippen LogP contribution in [0.2, 0.25) is 0 Å². The molecular formula is C17H24N4O3. The predicted octanol–water partition coefficient (Wildman–Crippen LogP) is 2.18. The number of piperidine rings is 1. The van der Waals surface area contributed by atoms with Crippen molar-refractivity contribution in [2.45, 2.75) is 52.0 Å². The predicted molar refractivity (Wildman–Crippen MR) is 87.8 cm³/mol. The number of amides is 1. The van der Waals surface area contributed by atoms with E-state index in [-0.39, 0.29) is 11.7 Å². The lowest BCUT2D eigenvalue weighted by molar-refractivity contribution is 0.0920. The maximum atomic E-state index is 12.3.